The van der Waals surface area contributed by atoms with E-state index in [9.17, 15) is 69.1 Å². The molecule has 78 heavy (non-hydrogen) atoms. The van der Waals surface area contributed by atoms with Crippen molar-refractivity contribution in [2.24, 2.45) is 56.7 Å². The highest BCUT2D eigenvalue weighted by molar-refractivity contribution is 7.80. The van der Waals surface area contributed by atoms with Gasteiger partial charge in [-0.2, -0.15) is 8.42 Å². The number of allylic oxidation sites excluding steroid dienone is 2. The molecule has 0 amide bonds. The van der Waals surface area contributed by atoms with Gasteiger partial charge in [0.05, 0.1) is 37.4 Å². The number of carbonyl (C=O) groups excluding carboxylic acids is 1. The van der Waals surface area contributed by atoms with Crippen LogP contribution >= 0.6 is 0 Å². The zero-order valence-electron chi connectivity index (χ0n) is 45.7. The summed E-state index contributed by atoms with van der Waals surface area (Å²) in [5.74, 6) is -0.669. The first kappa shape index (κ1) is 60.9. The Bertz CT molecular complexity index is 2290. The molecule has 29 unspecified atom stereocenters. The molecular weight excluding hydrogens is 1050 g/mol. The molecular formula is C53H86O24S. The third-order valence-electron chi connectivity index (χ3n) is 21.7. The summed E-state index contributed by atoms with van der Waals surface area (Å²) < 4.78 is 86.7. The van der Waals surface area contributed by atoms with Crippen LogP contribution in [0.2, 0.25) is 0 Å². The molecule has 448 valence electrons. The fourth-order valence-electron chi connectivity index (χ4n) is 17.0. The molecule has 8 fully saturated rings. The summed E-state index contributed by atoms with van der Waals surface area (Å²) in [7, 11) is -5.24. The van der Waals surface area contributed by atoms with Crippen LogP contribution in [-0.4, -0.2) is 218 Å². The van der Waals surface area contributed by atoms with Gasteiger partial charge in [-0.25, -0.2) is 4.18 Å². The van der Waals surface area contributed by atoms with E-state index in [0.29, 0.717) is 25.7 Å². The van der Waals surface area contributed by atoms with Gasteiger partial charge >= 0.3 is 16.4 Å². The number of carbonyl (C=O) groups is 1. The lowest BCUT2D eigenvalue weighted by Gasteiger charge is -2.73. The Morgan fingerprint density at radius 1 is 0.641 bits per heavy atom. The van der Waals surface area contributed by atoms with E-state index in [1.165, 1.54) is 6.92 Å². The number of aliphatic hydroxyl groups excluding tert-OH is 11. The zero-order chi connectivity index (χ0) is 57.1. The fourth-order valence-corrected chi connectivity index (χ4v) is 17.5. The first-order chi connectivity index (χ1) is 36.4. The average molecular weight is 1140 g/mol. The van der Waals surface area contributed by atoms with E-state index in [-0.39, 0.29) is 45.8 Å². The van der Waals surface area contributed by atoms with Crippen LogP contribution in [0, 0.1) is 56.7 Å². The number of hydrogen-bond donors (Lipinski definition) is 12. The van der Waals surface area contributed by atoms with Gasteiger partial charge in [-0.1, -0.05) is 53.2 Å². The monoisotopic (exact) mass is 1140 g/mol. The smallest absolute Gasteiger partial charge is 0.397 e. The van der Waals surface area contributed by atoms with Crippen molar-refractivity contribution in [3.8, 4) is 0 Å². The van der Waals surface area contributed by atoms with Crippen molar-refractivity contribution < 1.29 is 116 Å². The lowest BCUT2D eigenvalue weighted by molar-refractivity contribution is -0.389. The minimum Gasteiger partial charge on any atom is -0.432 e. The number of hydrogen-bond acceptors (Lipinski definition) is 23. The summed E-state index contributed by atoms with van der Waals surface area (Å²) in [5, 5.41) is 118. The minimum atomic E-state index is -5.24. The molecule has 0 radical (unpaired) electrons. The highest BCUT2D eigenvalue weighted by Gasteiger charge is 2.72. The van der Waals surface area contributed by atoms with Gasteiger partial charge in [0.1, 0.15) is 79.4 Å². The molecule has 4 saturated heterocycles. The second-order valence-electron chi connectivity index (χ2n) is 25.7. The van der Waals surface area contributed by atoms with E-state index in [4.69, 9.17) is 42.1 Å². The van der Waals surface area contributed by atoms with E-state index in [1.54, 1.807) is 0 Å². The highest BCUT2D eigenvalue weighted by Crippen LogP contribution is 2.77. The van der Waals surface area contributed by atoms with Gasteiger partial charge in [0.15, 0.2) is 25.0 Å². The molecule has 0 aromatic heterocycles. The summed E-state index contributed by atoms with van der Waals surface area (Å²) in [6, 6.07) is 0. The first-order valence-corrected chi connectivity index (χ1v) is 29.2. The minimum absolute atomic E-state index is 0.0220. The maximum atomic E-state index is 15.0. The van der Waals surface area contributed by atoms with Gasteiger partial charge in [0, 0.05) is 0 Å². The Kier molecular flexibility index (Phi) is 17.3. The van der Waals surface area contributed by atoms with Gasteiger partial charge in [0.2, 0.25) is 6.29 Å². The largest absolute Gasteiger partial charge is 0.432 e. The Morgan fingerprint density at radius 2 is 1.26 bits per heavy atom. The standard InChI is InChI=1S/C53H86O24S/c1-22-11-16-53(48(65)76-47-43(77-78(66,67)68)39(63)36(60)28(20-55)72-47)18-17-51(7)25(32(53)23(22)2)9-10-30-50(6)14-13-31(49(4,5)29(50)12-15-52(30,51)8)73-46-42(38(62)35(59)27(19-54)71-46)75-45-41(34(58)26(56)21-69-45)74-44-40(64)37(61)33(57)24(3)70-44/h11,23-47,54-64H,9-10,12-21H2,1-8H3,(H,66,67,68). The maximum Gasteiger partial charge on any atom is 0.397 e. The molecule has 4 saturated carbocycles. The van der Waals surface area contributed by atoms with Gasteiger partial charge < -0.3 is 94.1 Å². The van der Waals surface area contributed by atoms with Gasteiger partial charge in [-0.3, -0.25) is 9.35 Å². The fraction of sp³-hybridized carbons (Fsp3) is 0.943. The molecule has 12 N–H and O–H groups in total. The van der Waals surface area contributed by atoms with Crippen LogP contribution in [0.25, 0.3) is 0 Å². The van der Waals surface area contributed by atoms with Crippen LogP contribution in [0.5, 0.6) is 0 Å². The number of esters is 1. The van der Waals surface area contributed by atoms with Crippen LogP contribution in [0.1, 0.15) is 113 Å². The SMILES string of the molecule is CC1=CCC2(C(=O)OC3OC(CO)C(O)C(O)C3OS(=O)(=O)O)CCC3(C)C(CCC4C5(C)CCC(OC6OC(CO)C(O)C(O)C6OC6OCC(O)C(O)C6OC6OC(C)C(O)C(O)C6O)C(C)(C)C5CCC43C)C2C1C. The van der Waals surface area contributed by atoms with Crippen LogP contribution in [0.15, 0.2) is 11.6 Å². The number of rotatable bonds is 12. The number of aliphatic hydroxyl groups is 11. The first-order valence-electron chi connectivity index (χ1n) is 27.8. The van der Waals surface area contributed by atoms with Gasteiger partial charge in [0.25, 0.3) is 0 Å². The van der Waals surface area contributed by atoms with Gasteiger partial charge in [-0.15, -0.1) is 0 Å². The van der Waals surface area contributed by atoms with Crippen molar-refractivity contribution in [3.63, 3.8) is 0 Å². The van der Waals surface area contributed by atoms with Crippen molar-refractivity contribution in [1.82, 2.24) is 0 Å². The highest BCUT2D eigenvalue weighted by atomic mass is 32.3. The summed E-state index contributed by atoms with van der Waals surface area (Å²) in [6.07, 6.45) is -23.5. The van der Waals surface area contributed by atoms with Crippen molar-refractivity contribution in [1.29, 1.82) is 0 Å². The van der Waals surface area contributed by atoms with Crippen molar-refractivity contribution in [2.45, 2.75) is 236 Å². The molecule has 4 aliphatic heterocycles. The van der Waals surface area contributed by atoms with Crippen LogP contribution < -0.4 is 0 Å². The van der Waals surface area contributed by atoms with E-state index in [1.807, 2.05) is 6.08 Å². The van der Waals surface area contributed by atoms with Crippen molar-refractivity contribution in [2.75, 3.05) is 19.8 Å². The molecule has 25 heteroatoms. The lowest BCUT2D eigenvalue weighted by Crippen LogP contribution is -2.69. The summed E-state index contributed by atoms with van der Waals surface area (Å²) in [4.78, 5) is 15.0. The molecule has 0 spiro atoms. The molecule has 29 atom stereocenters. The number of ether oxygens (including phenoxy) is 8. The van der Waals surface area contributed by atoms with Crippen LogP contribution in [-0.2, 0) is 57.3 Å². The summed E-state index contributed by atoms with van der Waals surface area (Å²) in [6.45, 7) is 15.1. The molecule has 9 rings (SSSR count). The molecule has 24 nitrogen and oxygen atoms in total. The third-order valence-corrected chi connectivity index (χ3v) is 22.2. The topological polar surface area (TPSA) is 377 Å². The van der Waals surface area contributed by atoms with Crippen LogP contribution in [0.4, 0.5) is 0 Å². The predicted octanol–water partition coefficient (Wildman–Crippen LogP) is -0.686. The normalized spacial score (nSPS) is 53.4. The summed E-state index contributed by atoms with van der Waals surface area (Å²) in [5.41, 5.74) is -1.27. The molecule has 4 heterocycles. The molecule has 5 aliphatic carbocycles. The second-order valence-corrected chi connectivity index (χ2v) is 26.8. The second kappa shape index (κ2) is 22.1. The van der Waals surface area contributed by atoms with Crippen LogP contribution in [0.3, 0.4) is 0 Å². The third kappa shape index (κ3) is 10.1. The quantitative estimate of drug-likeness (QED) is 0.0498. The maximum absolute atomic E-state index is 15.0. The molecule has 0 aromatic rings. The molecule has 9 aliphatic rings. The Labute approximate surface area is 455 Å². The average Bonchev–Trinajstić information content (AvgIpc) is 3.47. The van der Waals surface area contributed by atoms with Crippen molar-refractivity contribution in [3.05, 3.63) is 11.6 Å². The molecule has 0 bridgehead atoms. The molecule has 0 aromatic carbocycles. The lowest BCUT2D eigenvalue weighted by atomic mass is 9.31. The predicted molar refractivity (Wildman–Crippen MR) is 266 cm³/mol. The van der Waals surface area contributed by atoms with E-state index >= 15 is 4.79 Å². The Balaban J connectivity index is 0.945. The van der Waals surface area contributed by atoms with Gasteiger partial charge in [-0.05, 0) is 123 Å². The van der Waals surface area contributed by atoms with Crippen molar-refractivity contribution >= 4 is 16.4 Å². The summed E-state index contributed by atoms with van der Waals surface area (Å²) >= 11 is 0. The van der Waals surface area contributed by atoms with E-state index < -0.39 is 170 Å². The Hall–Kier alpha value is -1.64. The Morgan fingerprint density at radius 3 is 1.90 bits per heavy atom. The number of fused-ring (bicyclic) bond motifs is 7. The zero-order valence-corrected chi connectivity index (χ0v) is 46.5. The van der Waals surface area contributed by atoms with E-state index in [2.05, 4.69) is 48.5 Å². The van der Waals surface area contributed by atoms with E-state index in [0.717, 1.165) is 37.7 Å².